The predicted octanol–water partition coefficient (Wildman–Crippen LogP) is 4.23. The van der Waals surface area contributed by atoms with Gasteiger partial charge < -0.3 is 10.1 Å². The van der Waals surface area contributed by atoms with Gasteiger partial charge in [-0.25, -0.2) is 0 Å². The molecule has 2 aromatic rings. The maximum Gasteiger partial charge on any atom is 0.224 e. The van der Waals surface area contributed by atoms with Gasteiger partial charge in [-0.15, -0.1) is 0 Å². The Bertz CT molecular complexity index is 623. The molecule has 3 nitrogen and oxygen atoms in total. The number of amides is 1. The molecule has 0 bridgehead atoms. The second-order valence-electron chi connectivity index (χ2n) is 4.88. The van der Waals surface area contributed by atoms with Gasteiger partial charge in [0.1, 0.15) is 5.75 Å². The quantitative estimate of drug-likeness (QED) is 0.897. The zero-order valence-corrected chi connectivity index (χ0v) is 12.9. The monoisotopic (exact) mass is 303 g/mol. The van der Waals surface area contributed by atoms with Gasteiger partial charge in [-0.2, -0.15) is 0 Å². The van der Waals surface area contributed by atoms with Crippen LogP contribution in [0, 0.1) is 6.92 Å². The van der Waals surface area contributed by atoms with E-state index in [1.165, 1.54) is 5.56 Å². The lowest BCUT2D eigenvalue weighted by Crippen LogP contribution is -2.12. The summed E-state index contributed by atoms with van der Waals surface area (Å²) in [7, 11) is 1.58. The SMILES string of the molecule is COc1ccc(CCC(=O)Nc2ccc(C)cc2)cc1Cl. The molecule has 0 aliphatic heterocycles. The molecule has 0 heterocycles. The lowest BCUT2D eigenvalue weighted by atomic mass is 10.1. The Balaban J connectivity index is 1.89. The standard InChI is InChI=1S/C17H18ClNO2/c1-12-3-7-14(8-4-12)19-17(20)10-6-13-5-9-16(21-2)15(18)11-13/h3-5,7-9,11H,6,10H2,1-2H3,(H,19,20). The zero-order chi connectivity index (χ0) is 15.2. The number of anilines is 1. The van der Waals surface area contributed by atoms with Gasteiger partial charge in [0.15, 0.2) is 0 Å². The van der Waals surface area contributed by atoms with Crippen LogP contribution >= 0.6 is 11.6 Å². The van der Waals surface area contributed by atoms with Gasteiger partial charge >= 0.3 is 0 Å². The van der Waals surface area contributed by atoms with Crippen LogP contribution in [-0.4, -0.2) is 13.0 Å². The third-order valence-corrected chi connectivity index (χ3v) is 3.49. The second-order valence-corrected chi connectivity index (χ2v) is 5.29. The maximum absolute atomic E-state index is 11.9. The lowest BCUT2D eigenvalue weighted by molar-refractivity contribution is -0.116. The molecule has 0 saturated heterocycles. The van der Waals surface area contributed by atoms with E-state index in [4.69, 9.17) is 16.3 Å². The Morgan fingerprint density at radius 2 is 1.90 bits per heavy atom. The Morgan fingerprint density at radius 3 is 2.52 bits per heavy atom. The molecule has 0 aliphatic carbocycles. The first-order chi connectivity index (χ1) is 10.1. The van der Waals surface area contributed by atoms with E-state index in [-0.39, 0.29) is 5.91 Å². The average molecular weight is 304 g/mol. The van der Waals surface area contributed by atoms with Gasteiger partial charge in [0.2, 0.25) is 5.91 Å². The van der Waals surface area contributed by atoms with E-state index in [0.29, 0.717) is 23.6 Å². The van der Waals surface area contributed by atoms with E-state index >= 15 is 0 Å². The fraction of sp³-hybridized carbons (Fsp3) is 0.235. The molecule has 0 fully saturated rings. The third-order valence-electron chi connectivity index (χ3n) is 3.19. The molecule has 0 spiro atoms. The molecule has 0 saturated carbocycles. The van der Waals surface area contributed by atoms with Crippen molar-refractivity contribution in [1.82, 2.24) is 0 Å². The molecule has 1 amide bonds. The number of nitrogens with one attached hydrogen (secondary N) is 1. The molecule has 21 heavy (non-hydrogen) atoms. The summed E-state index contributed by atoms with van der Waals surface area (Å²) in [4.78, 5) is 11.9. The summed E-state index contributed by atoms with van der Waals surface area (Å²) in [6.07, 6.45) is 1.05. The van der Waals surface area contributed by atoms with Crippen molar-refractivity contribution in [3.8, 4) is 5.75 Å². The van der Waals surface area contributed by atoms with E-state index in [2.05, 4.69) is 5.32 Å². The molecular weight excluding hydrogens is 286 g/mol. The van der Waals surface area contributed by atoms with Crippen molar-refractivity contribution >= 4 is 23.2 Å². The number of carbonyl (C=O) groups is 1. The molecule has 0 aromatic heterocycles. The zero-order valence-electron chi connectivity index (χ0n) is 12.2. The summed E-state index contributed by atoms with van der Waals surface area (Å²) >= 11 is 6.06. The second kappa shape index (κ2) is 7.14. The highest BCUT2D eigenvalue weighted by Crippen LogP contribution is 2.25. The van der Waals surface area contributed by atoms with Crippen molar-refractivity contribution in [3.63, 3.8) is 0 Å². The van der Waals surface area contributed by atoms with E-state index < -0.39 is 0 Å². The molecule has 110 valence electrons. The molecule has 0 aliphatic rings. The molecule has 2 aromatic carbocycles. The number of benzene rings is 2. The van der Waals surface area contributed by atoms with Crippen LogP contribution in [0.1, 0.15) is 17.5 Å². The molecular formula is C17H18ClNO2. The van der Waals surface area contributed by atoms with Crippen LogP contribution in [-0.2, 0) is 11.2 Å². The highest BCUT2D eigenvalue weighted by Gasteiger charge is 2.06. The Kier molecular flexibility index (Phi) is 5.23. The largest absolute Gasteiger partial charge is 0.495 e. The summed E-state index contributed by atoms with van der Waals surface area (Å²) in [5.74, 6) is 0.635. The van der Waals surface area contributed by atoms with Crippen molar-refractivity contribution in [2.75, 3.05) is 12.4 Å². The van der Waals surface area contributed by atoms with Crippen molar-refractivity contribution in [1.29, 1.82) is 0 Å². The number of hydrogen-bond donors (Lipinski definition) is 1. The molecule has 0 radical (unpaired) electrons. The van der Waals surface area contributed by atoms with Gasteiger partial charge in [-0.3, -0.25) is 4.79 Å². The Labute approximate surface area is 129 Å². The summed E-state index contributed by atoms with van der Waals surface area (Å²) in [5.41, 5.74) is 3.00. The van der Waals surface area contributed by atoms with Crippen LogP contribution in [0.5, 0.6) is 5.75 Å². The fourth-order valence-electron chi connectivity index (χ4n) is 1.98. The summed E-state index contributed by atoms with van der Waals surface area (Å²) in [6.45, 7) is 2.01. The van der Waals surface area contributed by atoms with E-state index in [0.717, 1.165) is 11.3 Å². The summed E-state index contributed by atoms with van der Waals surface area (Å²) in [5, 5.41) is 3.44. The number of rotatable bonds is 5. The van der Waals surface area contributed by atoms with Crippen LogP contribution in [0.15, 0.2) is 42.5 Å². The van der Waals surface area contributed by atoms with Crippen molar-refractivity contribution < 1.29 is 9.53 Å². The molecule has 2 rings (SSSR count). The Morgan fingerprint density at radius 1 is 1.19 bits per heavy atom. The molecule has 4 heteroatoms. The van der Waals surface area contributed by atoms with Crippen LogP contribution in [0.4, 0.5) is 5.69 Å². The number of aryl methyl sites for hydroxylation is 2. The van der Waals surface area contributed by atoms with E-state index in [9.17, 15) is 4.79 Å². The highest BCUT2D eigenvalue weighted by molar-refractivity contribution is 6.32. The molecule has 0 unspecified atom stereocenters. The van der Waals surface area contributed by atoms with Gasteiger partial charge in [0, 0.05) is 12.1 Å². The normalized spacial score (nSPS) is 10.2. The number of hydrogen-bond acceptors (Lipinski definition) is 2. The molecule has 1 N–H and O–H groups in total. The maximum atomic E-state index is 11.9. The van der Waals surface area contributed by atoms with Crippen LogP contribution in [0.2, 0.25) is 5.02 Å². The van der Waals surface area contributed by atoms with Crippen LogP contribution in [0.3, 0.4) is 0 Å². The van der Waals surface area contributed by atoms with Gasteiger partial charge in [0.25, 0.3) is 0 Å². The van der Waals surface area contributed by atoms with Crippen LogP contribution < -0.4 is 10.1 Å². The number of halogens is 1. The van der Waals surface area contributed by atoms with E-state index in [1.54, 1.807) is 7.11 Å². The number of ether oxygens (including phenoxy) is 1. The minimum atomic E-state index is -0.00852. The average Bonchev–Trinajstić information content (AvgIpc) is 2.48. The smallest absolute Gasteiger partial charge is 0.224 e. The first kappa shape index (κ1) is 15.4. The number of carbonyl (C=O) groups excluding carboxylic acids is 1. The van der Waals surface area contributed by atoms with Crippen LogP contribution in [0.25, 0.3) is 0 Å². The van der Waals surface area contributed by atoms with Gasteiger partial charge in [0.05, 0.1) is 12.1 Å². The Hall–Kier alpha value is -2.00. The third kappa shape index (κ3) is 4.50. The topological polar surface area (TPSA) is 38.3 Å². The van der Waals surface area contributed by atoms with Gasteiger partial charge in [-0.1, -0.05) is 35.4 Å². The lowest BCUT2D eigenvalue weighted by Gasteiger charge is -2.07. The minimum absolute atomic E-state index is 0.00852. The fourth-order valence-corrected chi connectivity index (χ4v) is 2.26. The summed E-state index contributed by atoms with van der Waals surface area (Å²) in [6, 6.07) is 13.3. The highest BCUT2D eigenvalue weighted by atomic mass is 35.5. The van der Waals surface area contributed by atoms with Crippen molar-refractivity contribution in [2.24, 2.45) is 0 Å². The first-order valence-corrected chi connectivity index (χ1v) is 7.15. The summed E-state index contributed by atoms with van der Waals surface area (Å²) < 4.78 is 5.10. The first-order valence-electron chi connectivity index (χ1n) is 6.77. The minimum Gasteiger partial charge on any atom is -0.495 e. The number of methoxy groups -OCH3 is 1. The van der Waals surface area contributed by atoms with Gasteiger partial charge in [-0.05, 0) is 43.2 Å². The predicted molar refractivity (Wildman–Crippen MR) is 86.1 cm³/mol. The molecule has 0 atom stereocenters. The van der Waals surface area contributed by atoms with E-state index in [1.807, 2.05) is 49.4 Å². The van der Waals surface area contributed by atoms with Crippen molar-refractivity contribution in [3.05, 3.63) is 58.6 Å². The van der Waals surface area contributed by atoms with Crippen molar-refractivity contribution in [2.45, 2.75) is 19.8 Å².